The van der Waals surface area contributed by atoms with E-state index in [0.717, 1.165) is 25.3 Å². The first-order valence-corrected chi connectivity index (χ1v) is 8.57. The van der Waals surface area contributed by atoms with Crippen molar-refractivity contribution in [1.82, 2.24) is 10.6 Å². The third-order valence-electron chi connectivity index (χ3n) is 4.35. The van der Waals surface area contributed by atoms with E-state index in [1.807, 2.05) is 19.1 Å². The van der Waals surface area contributed by atoms with Gasteiger partial charge in [0, 0.05) is 46.3 Å². The van der Waals surface area contributed by atoms with E-state index in [0.29, 0.717) is 38.3 Å². The number of ether oxygens (including phenoxy) is 2. The van der Waals surface area contributed by atoms with E-state index >= 15 is 0 Å². The number of hydrogen-bond donors (Lipinski definition) is 2. The lowest BCUT2D eigenvalue weighted by Gasteiger charge is -2.34. The highest BCUT2D eigenvalue weighted by atomic mass is 19.1. The van der Waals surface area contributed by atoms with Crippen molar-refractivity contribution in [2.75, 3.05) is 40.0 Å². The Labute approximate surface area is 143 Å². The van der Waals surface area contributed by atoms with Crippen LogP contribution in [0, 0.1) is 5.82 Å². The van der Waals surface area contributed by atoms with Crippen LogP contribution >= 0.6 is 0 Å². The van der Waals surface area contributed by atoms with E-state index in [9.17, 15) is 4.39 Å². The summed E-state index contributed by atoms with van der Waals surface area (Å²) in [6.07, 6.45) is 2.31. The molecule has 0 unspecified atom stereocenters. The number of halogens is 1. The first-order valence-electron chi connectivity index (χ1n) is 8.57. The van der Waals surface area contributed by atoms with Crippen molar-refractivity contribution in [1.29, 1.82) is 0 Å². The zero-order valence-electron chi connectivity index (χ0n) is 14.6. The normalized spacial score (nSPS) is 17.5. The monoisotopic (exact) mass is 337 g/mol. The Kier molecular flexibility index (Phi) is 7.46. The molecule has 1 aromatic rings. The maximum Gasteiger partial charge on any atom is 0.191 e. The van der Waals surface area contributed by atoms with Crippen LogP contribution in [0.25, 0.3) is 0 Å². The minimum atomic E-state index is -0.244. The summed E-state index contributed by atoms with van der Waals surface area (Å²) >= 11 is 0. The molecule has 0 aliphatic carbocycles. The molecule has 134 valence electrons. The molecule has 0 saturated carbocycles. The SMILES string of the molecule is CCNC(=NCC1(OC)CCOCC1)NCCc1ccccc1F. The van der Waals surface area contributed by atoms with Gasteiger partial charge in [0.2, 0.25) is 0 Å². The van der Waals surface area contributed by atoms with Gasteiger partial charge in [-0.3, -0.25) is 4.99 Å². The Morgan fingerprint density at radius 2 is 2.04 bits per heavy atom. The van der Waals surface area contributed by atoms with Crippen LogP contribution in [0.15, 0.2) is 29.3 Å². The van der Waals surface area contributed by atoms with E-state index in [-0.39, 0.29) is 11.4 Å². The van der Waals surface area contributed by atoms with Crippen LogP contribution in [0.2, 0.25) is 0 Å². The van der Waals surface area contributed by atoms with Crippen molar-refractivity contribution >= 4 is 5.96 Å². The van der Waals surface area contributed by atoms with Crippen molar-refractivity contribution in [3.8, 4) is 0 Å². The summed E-state index contributed by atoms with van der Waals surface area (Å²) in [6.45, 7) is 5.42. The van der Waals surface area contributed by atoms with Crippen molar-refractivity contribution in [3.63, 3.8) is 0 Å². The quantitative estimate of drug-likeness (QED) is 0.591. The molecule has 1 aliphatic rings. The minimum absolute atomic E-state index is 0.165. The lowest BCUT2D eigenvalue weighted by atomic mass is 9.94. The molecule has 24 heavy (non-hydrogen) atoms. The van der Waals surface area contributed by atoms with Gasteiger partial charge in [-0.05, 0) is 25.0 Å². The van der Waals surface area contributed by atoms with Crippen LogP contribution in [0.3, 0.4) is 0 Å². The van der Waals surface area contributed by atoms with E-state index in [1.54, 1.807) is 13.2 Å². The van der Waals surface area contributed by atoms with Crippen LogP contribution in [-0.2, 0) is 15.9 Å². The van der Waals surface area contributed by atoms with Gasteiger partial charge < -0.3 is 20.1 Å². The van der Waals surface area contributed by atoms with Crippen LogP contribution in [0.1, 0.15) is 25.3 Å². The summed E-state index contributed by atoms with van der Waals surface area (Å²) in [5, 5.41) is 6.49. The predicted octanol–water partition coefficient (Wildman–Crippen LogP) is 2.12. The van der Waals surface area contributed by atoms with Gasteiger partial charge in [-0.2, -0.15) is 0 Å². The number of methoxy groups -OCH3 is 1. The number of nitrogens with one attached hydrogen (secondary N) is 2. The number of nitrogens with zero attached hydrogens (tertiary/aromatic N) is 1. The predicted molar refractivity (Wildman–Crippen MR) is 93.9 cm³/mol. The summed E-state index contributed by atoms with van der Waals surface area (Å²) < 4.78 is 24.8. The van der Waals surface area contributed by atoms with Crippen molar-refractivity contribution in [2.24, 2.45) is 4.99 Å². The van der Waals surface area contributed by atoms with E-state index in [1.165, 1.54) is 6.07 Å². The fourth-order valence-corrected chi connectivity index (χ4v) is 2.75. The smallest absolute Gasteiger partial charge is 0.191 e. The summed E-state index contributed by atoms with van der Waals surface area (Å²) in [6, 6.07) is 6.85. The lowest BCUT2D eigenvalue weighted by Crippen LogP contribution is -2.44. The molecule has 0 spiro atoms. The number of hydrogen-bond acceptors (Lipinski definition) is 3. The molecule has 1 fully saturated rings. The Hall–Kier alpha value is -1.66. The van der Waals surface area contributed by atoms with Crippen molar-refractivity contribution in [3.05, 3.63) is 35.6 Å². The van der Waals surface area contributed by atoms with Crippen molar-refractivity contribution in [2.45, 2.75) is 31.8 Å². The second-order valence-corrected chi connectivity index (χ2v) is 5.96. The average molecular weight is 337 g/mol. The van der Waals surface area contributed by atoms with Gasteiger partial charge in [0.1, 0.15) is 5.82 Å². The molecule has 0 aromatic heterocycles. The molecule has 0 radical (unpaired) electrons. The molecule has 1 heterocycles. The Morgan fingerprint density at radius 3 is 2.71 bits per heavy atom. The highest BCUT2D eigenvalue weighted by Crippen LogP contribution is 2.24. The maximum atomic E-state index is 13.6. The Morgan fingerprint density at radius 1 is 1.29 bits per heavy atom. The third-order valence-corrected chi connectivity index (χ3v) is 4.35. The number of rotatable bonds is 7. The van der Waals surface area contributed by atoms with Gasteiger partial charge in [0.25, 0.3) is 0 Å². The molecule has 1 aromatic carbocycles. The van der Waals surface area contributed by atoms with Crippen LogP contribution in [0.4, 0.5) is 4.39 Å². The highest BCUT2D eigenvalue weighted by molar-refractivity contribution is 5.79. The van der Waals surface area contributed by atoms with E-state index in [4.69, 9.17) is 9.47 Å². The van der Waals surface area contributed by atoms with Crippen molar-refractivity contribution < 1.29 is 13.9 Å². The molecule has 2 N–H and O–H groups in total. The van der Waals surface area contributed by atoms with Gasteiger partial charge in [-0.15, -0.1) is 0 Å². The zero-order valence-corrected chi connectivity index (χ0v) is 14.6. The standard InChI is InChI=1S/C18H28FN3O2/c1-3-20-17(21-11-8-15-6-4-5-7-16(15)19)22-14-18(23-2)9-12-24-13-10-18/h4-7H,3,8-14H2,1-2H3,(H2,20,21,22). The summed E-state index contributed by atoms with van der Waals surface area (Å²) in [4.78, 5) is 4.65. The first kappa shape index (κ1) is 18.7. The summed E-state index contributed by atoms with van der Waals surface area (Å²) in [5.41, 5.74) is 0.463. The largest absolute Gasteiger partial charge is 0.381 e. The van der Waals surface area contributed by atoms with Crippen LogP contribution < -0.4 is 10.6 Å². The average Bonchev–Trinajstić information content (AvgIpc) is 2.62. The Bertz CT molecular complexity index is 531. The second kappa shape index (κ2) is 9.59. The highest BCUT2D eigenvalue weighted by Gasteiger charge is 2.32. The lowest BCUT2D eigenvalue weighted by molar-refractivity contribution is -0.0828. The minimum Gasteiger partial charge on any atom is -0.381 e. The van der Waals surface area contributed by atoms with Crippen LogP contribution in [-0.4, -0.2) is 51.5 Å². The topological polar surface area (TPSA) is 54.9 Å². The van der Waals surface area contributed by atoms with E-state index in [2.05, 4.69) is 15.6 Å². The number of guanidine groups is 1. The summed E-state index contributed by atoms with van der Waals surface area (Å²) in [7, 11) is 1.74. The molecular formula is C18H28FN3O2. The molecule has 0 bridgehead atoms. The maximum absolute atomic E-state index is 13.6. The van der Waals surface area contributed by atoms with Crippen LogP contribution in [0.5, 0.6) is 0 Å². The molecule has 6 heteroatoms. The number of benzene rings is 1. The van der Waals surface area contributed by atoms with Gasteiger partial charge in [-0.25, -0.2) is 4.39 Å². The molecule has 0 atom stereocenters. The zero-order chi connectivity index (χ0) is 17.3. The summed E-state index contributed by atoms with van der Waals surface area (Å²) in [5.74, 6) is 0.568. The first-order chi connectivity index (χ1) is 11.7. The van der Waals surface area contributed by atoms with E-state index < -0.39 is 0 Å². The molecule has 5 nitrogen and oxygen atoms in total. The Balaban J connectivity index is 1.89. The fraction of sp³-hybridized carbons (Fsp3) is 0.611. The fourth-order valence-electron chi connectivity index (χ4n) is 2.75. The molecule has 1 saturated heterocycles. The van der Waals surface area contributed by atoms with Gasteiger partial charge in [0.05, 0.1) is 12.1 Å². The third kappa shape index (κ3) is 5.46. The molecular weight excluding hydrogens is 309 g/mol. The van der Waals surface area contributed by atoms with Gasteiger partial charge in [0.15, 0.2) is 5.96 Å². The number of aliphatic imine (C=N–C) groups is 1. The second-order valence-electron chi connectivity index (χ2n) is 5.96. The van der Waals surface area contributed by atoms with Gasteiger partial charge in [-0.1, -0.05) is 18.2 Å². The molecule has 2 rings (SSSR count). The van der Waals surface area contributed by atoms with Gasteiger partial charge >= 0.3 is 0 Å². The molecule has 0 amide bonds. The molecule has 1 aliphatic heterocycles.